The first kappa shape index (κ1) is 14.6. The SMILES string of the molecule is CN(C)c1ccc(N=Nc2ccc(N3CCCC3)cc2)cc1. The molecule has 2 aromatic carbocycles. The number of hydrogen-bond acceptors (Lipinski definition) is 4. The first-order chi connectivity index (χ1) is 10.7. The minimum atomic E-state index is 0.870. The average molecular weight is 294 g/mol. The van der Waals surface area contributed by atoms with Crippen molar-refractivity contribution in [3.8, 4) is 0 Å². The van der Waals surface area contributed by atoms with Gasteiger partial charge in [0.2, 0.25) is 0 Å². The van der Waals surface area contributed by atoms with Gasteiger partial charge in [0.1, 0.15) is 0 Å². The molecular weight excluding hydrogens is 272 g/mol. The smallest absolute Gasteiger partial charge is 0.0858 e. The lowest BCUT2D eigenvalue weighted by molar-refractivity contribution is 0.949. The van der Waals surface area contributed by atoms with E-state index in [9.17, 15) is 0 Å². The van der Waals surface area contributed by atoms with Crippen molar-refractivity contribution in [2.75, 3.05) is 37.0 Å². The van der Waals surface area contributed by atoms with E-state index in [1.807, 2.05) is 50.5 Å². The number of hydrogen-bond donors (Lipinski definition) is 0. The Labute approximate surface area is 132 Å². The van der Waals surface area contributed by atoms with Crippen molar-refractivity contribution in [3.63, 3.8) is 0 Å². The Bertz CT molecular complexity index is 623. The van der Waals surface area contributed by atoms with Gasteiger partial charge in [0.05, 0.1) is 11.4 Å². The topological polar surface area (TPSA) is 31.2 Å². The van der Waals surface area contributed by atoms with Crippen LogP contribution in [-0.4, -0.2) is 27.2 Å². The normalized spacial score (nSPS) is 14.7. The molecule has 22 heavy (non-hydrogen) atoms. The van der Waals surface area contributed by atoms with Crippen LogP contribution in [0.2, 0.25) is 0 Å². The maximum absolute atomic E-state index is 4.31. The zero-order chi connectivity index (χ0) is 15.4. The lowest BCUT2D eigenvalue weighted by Gasteiger charge is -2.17. The molecule has 3 rings (SSSR count). The molecule has 4 nitrogen and oxygen atoms in total. The molecule has 1 fully saturated rings. The summed E-state index contributed by atoms with van der Waals surface area (Å²) in [7, 11) is 4.05. The Kier molecular flexibility index (Phi) is 4.37. The second kappa shape index (κ2) is 6.60. The molecule has 4 heteroatoms. The largest absolute Gasteiger partial charge is 0.378 e. The van der Waals surface area contributed by atoms with E-state index < -0.39 is 0 Å². The molecule has 0 unspecified atom stereocenters. The second-order valence-electron chi connectivity index (χ2n) is 5.82. The van der Waals surface area contributed by atoms with Gasteiger partial charge in [0.15, 0.2) is 0 Å². The van der Waals surface area contributed by atoms with Crippen LogP contribution in [0.1, 0.15) is 12.8 Å². The maximum atomic E-state index is 4.31. The summed E-state index contributed by atoms with van der Waals surface area (Å²) in [4.78, 5) is 4.49. The number of anilines is 2. The molecule has 1 aliphatic heterocycles. The average Bonchev–Trinajstić information content (AvgIpc) is 3.08. The number of azo groups is 1. The number of benzene rings is 2. The van der Waals surface area contributed by atoms with Crippen LogP contribution in [-0.2, 0) is 0 Å². The molecule has 1 heterocycles. The van der Waals surface area contributed by atoms with Gasteiger partial charge in [-0.1, -0.05) is 0 Å². The maximum Gasteiger partial charge on any atom is 0.0858 e. The summed E-state index contributed by atoms with van der Waals surface area (Å²) in [5.41, 5.74) is 4.20. The third-order valence-electron chi connectivity index (χ3n) is 3.97. The van der Waals surface area contributed by atoms with Gasteiger partial charge in [-0.05, 0) is 61.4 Å². The Balaban J connectivity index is 1.66. The van der Waals surface area contributed by atoms with Crippen LogP contribution in [0.5, 0.6) is 0 Å². The van der Waals surface area contributed by atoms with Crippen molar-refractivity contribution < 1.29 is 0 Å². The van der Waals surface area contributed by atoms with Gasteiger partial charge < -0.3 is 9.80 Å². The van der Waals surface area contributed by atoms with E-state index in [4.69, 9.17) is 0 Å². The Hall–Kier alpha value is -2.36. The minimum Gasteiger partial charge on any atom is -0.378 e. The summed E-state index contributed by atoms with van der Waals surface area (Å²) in [6.45, 7) is 2.33. The molecule has 1 saturated heterocycles. The Morgan fingerprint density at radius 2 is 1.27 bits per heavy atom. The van der Waals surface area contributed by atoms with E-state index in [2.05, 4.69) is 32.2 Å². The van der Waals surface area contributed by atoms with Crippen molar-refractivity contribution in [1.29, 1.82) is 0 Å². The van der Waals surface area contributed by atoms with Crippen LogP contribution < -0.4 is 9.80 Å². The lowest BCUT2D eigenvalue weighted by atomic mass is 10.2. The fourth-order valence-corrected chi connectivity index (χ4v) is 2.64. The highest BCUT2D eigenvalue weighted by atomic mass is 15.1. The van der Waals surface area contributed by atoms with Crippen molar-refractivity contribution in [2.24, 2.45) is 10.2 Å². The van der Waals surface area contributed by atoms with Gasteiger partial charge in [-0.15, -0.1) is 0 Å². The molecule has 0 bridgehead atoms. The summed E-state index contributed by atoms with van der Waals surface area (Å²) >= 11 is 0. The molecular formula is C18H22N4. The van der Waals surface area contributed by atoms with Gasteiger partial charge in [-0.3, -0.25) is 0 Å². The van der Waals surface area contributed by atoms with Gasteiger partial charge in [-0.25, -0.2) is 0 Å². The van der Waals surface area contributed by atoms with Gasteiger partial charge in [-0.2, -0.15) is 10.2 Å². The standard InChI is InChI=1S/C18H22N4/c1-21(2)17-9-5-15(6-10-17)19-20-16-7-11-18(12-8-16)22-13-3-4-14-22/h5-12H,3-4,13-14H2,1-2H3. The fraction of sp³-hybridized carbons (Fsp3) is 0.333. The van der Waals surface area contributed by atoms with E-state index in [-0.39, 0.29) is 0 Å². The van der Waals surface area contributed by atoms with E-state index in [1.165, 1.54) is 31.6 Å². The predicted octanol–water partition coefficient (Wildman–Crippen LogP) is 4.77. The molecule has 114 valence electrons. The van der Waals surface area contributed by atoms with Crippen LogP contribution >= 0.6 is 0 Å². The van der Waals surface area contributed by atoms with Crippen LogP contribution in [0.25, 0.3) is 0 Å². The summed E-state index contributed by atoms with van der Waals surface area (Å²) < 4.78 is 0. The quantitative estimate of drug-likeness (QED) is 0.761. The van der Waals surface area contributed by atoms with Gasteiger partial charge in [0.25, 0.3) is 0 Å². The van der Waals surface area contributed by atoms with E-state index in [0.29, 0.717) is 0 Å². The molecule has 0 aromatic heterocycles. The zero-order valence-electron chi connectivity index (χ0n) is 13.2. The minimum absolute atomic E-state index is 0.870. The van der Waals surface area contributed by atoms with Crippen LogP contribution in [0.3, 0.4) is 0 Å². The molecule has 0 spiro atoms. The molecule has 0 N–H and O–H groups in total. The van der Waals surface area contributed by atoms with Gasteiger partial charge >= 0.3 is 0 Å². The summed E-state index contributed by atoms with van der Waals surface area (Å²) in [6, 6.07) is 16.4. The van der Waals surface area contributed by atoms with Crippen LogP contribution in [0, 0.1) is 0 Å². The van der Waals surface area contributed by atoms with Crippen molar-refractivity contribution in [2.45, 2.75) is 12.8 Å². The molecule has 0 saturated carbocycles. The van der Waals surface area contributed by atoms with Crippen molar-refractivity contribution in [3.05, 3.63) is 48.5 Å². The molecule has 0 atom stereocenters. The highest BCUT2D eigenvalue weighted by Crippen LogP contribution is 2.25. The molecule has 1 aliphatic rings. The Morgan fingerprint density at radius 3 is 1.77 bits per heavy atom. The summed E-state index contributed by atoms with van der Waals surface area (Å²) in [5.74, 6) is 0. The molecule has 0 amide bonds. The molecule has 0 aliphatic carbocycles. The van der Waals surface area contributed by atoms with Crippen molar-refractivity contribution in [1.82, 2.24) is 0 Å². The van der Waals surface area contributed by atoms with Crippen molar-refractivity contribution >= 4 is 22.7 Å². The highest BCUT2D eigenvalue weighted by molar-refractivity contribution is 5.54. The van der Waals surface area contributed by atoms with E-state index >= 15 is 0 Å². The summed E-state index contributed by atoms with van der Waals surface area (Å²) in [5, 5.41) is 8.61. The fourth-order valence-electron chi connectivity index (χ4n) is 2.64. The third kappa shape index (κ3) is 3.45. The highest BCUT2D eigenvalue weighted by Gasteiger charge is 2.11. The second-order valence-corrected chi connectivity index (χ2v) is 5.82. The number of nitrogens with zero attached hydrogens (tertiary/aromatic N) is 4. The van der Waals surface area contributed by atoms with Crippen LogP contribution in [0.15, 0.2) is 58.8 Å². The first-order valence-corrected chi connectivity index (χ1v) is 7.76. The zero-order valence-corrected chi connectivity index (χ0v) is 13.2. The molecule has 0 radical (unpaired) electrons. The summed E-state index contributed by atoms with van der Waals surface area (Å²) in [6.07, 6.45) is 2.59. The Morgan fingerprint density at radius 1 is 0.773 bits per heavy atom. The third-order valence-corrected chi connectivity index (χ3v) is 3.97. The predicted molar refractivity (Wildman–Crippen MR) is 92.8 cm³/mol. The van der Waals surface area contributed by atoms with E-state index in [1.54, 1.807) is 0 Å². The molecule has 2 aromatic rings. The van der Waals surface area contributed by atoms with Gasteiger partial charge in [0, 0.05) is 38.6 Å². The lowest BCUT2D eigenvalue weighted by Crippen LogP contribution is -2.17. The monoisotopic (exact) mass is 294 g/mol. The van der Waals surface area contributed by atoms with E-state index in [0.717, 1.165) is 17.1 Å². The van der Waals surface area contributed by atoms with Crippen LogP contribution in [0.4, 0.5) is 22.7 Å². The number of rotatable bonds is 4. The first-order valence-electron chi connectivity index (χ1n) is 7.76.